The van der Waals surface area contributed by atoms with Crippen LogP contribution in [0.4, 0.5) is 10.5 Å². The molecular formula is C34H50N4O2. The third kappa shape index (κ3) is 5.70. The number of amides is 2. The molecule has 40 heavy (non-hydrogen) atoms. The summed E-state index contributed by atoms with van der Waals surface area (Å²) in [5.74, 6) is 1.21. The maximum Gasteiger partial charge on any atom is 0.345 e. The molecular weight excluding hydrogens is 496 g/mol. The lowest BCUT2D eigenvalue weighted by molar-refractivity contribution is -0.00740. The molecule has 0 aromatic heterocycles. The van der Waals surface area contributed by atoms with E-state index in [-0.39, 0.29) is 18.1 Å². The van der Waals surface area contributed by atoms with Gasteiger partial charge in [-0.25, -0.2) is 4.79 Å². The van der Waals surface area contributed by atoms with E-state index in [0.29, 0.717) is 12.0 Å². The van der Waals surface area contributed by atoms with Crippen LogP contribution in [0.2, 0.25) is 0 Å². The maximum atomic E-state index is 12.9. The highest BCUT2D eigenvalue weighted by atomic mass is 16.3. The standard InChI is InChI=1S/C34H50N4O2/c1-37-24-31-29-12-9-11-28(39)17-18-30(29)32(36-38(31)33(37)40)25-13-15-27(16-14-25)35-23-8-4-7-21-34-20-6-3-2-5-10-26(34)19-22-34/h13-16,26,28,30,35,39H,2-12,17-24H2,1H3. The first-order valence-electron chi connectivity index (χ1n) is 16.4. The van der Waals surface area contributed by atoms with E-state index < -0.39 is 0 Å². The summed E-state index contributed by atoms with van der Waals surface area (Å²) in [5, 5.41) is 20.6. The van der Waals surface area contributed by atoms with Crippen molar-refractivity contribution < 1.29 is 9.90 Å². The van der Waals surface area contributed by atoms with Gasteiger partial charge in [-0.15, -0.1) is 0 Å². The van der Waals surface area contributed by atoms with Crippen molar-refractivity contribution in [3.8, 4) is 0 Å². The zero-order valence-electron chi connectivity index (χ0n) is 24.7. The van der Waals surface area contributed by atoms with Crippen molar-refractivity contribution in [2.45, 2.75) is 115 Å². The monoisotopic (exact) mass is 546 g/mol. The number of carbonyl (C=O) groups excluding carboxylic acids is 1. The second-order valence-corrected chi connectivity index (χ2v) is 13.4. The van der Waals surface area contributed by atoms with E-state index in [1.807, 2.05) is 7.05 Å². The van der Waals surface area contributed by atoms with E-state index in [2.05, 4.69) is 29.6 Å². The van der Waals surface area contributed by atoms with Crippen LogP contribution in [0.25, 0.3) is 0 Å². The summed E-state index contributed by atoms with van der Waals surface area (Å²) in [5.41, 5.74) is 6.34. The molecule has 0 bridgehead atoms. The Morgan fingerprint density at radius 2 is 1.80 bits per heavy atom. The quantitative estimate of drug-likeness (QED) is 0.329. The number of hydrogen-bond acceptors (Lipinski definition) is 4. The Balaban J connectivity index is 1.03. The molecule has 6 rings (SSSR count). The van der Waals surface area contributed by atoms with E-state index in [4.69, 9.17) is 5.10 Å². The van der Waals surface area contributed by atoms with Gasteiger partial charge in [0.2, 0.25) is 0 Å². The lowest BCUT2D eigenvalue weighted by Gasteiger charge is -2.52. The molecule has 3 aliphatic carbocycles. The van der Waals surface area contributed by atoms with E-state index in [0.717, 1.165) is 67.2 Å². The van der Waals surface area contributed by atoms with Crippen LogP contribution in [-0.2, 0) is 0 Å². The van der Waals surface area contributed by atoms with E-state index >= 15 is 0 Å². The summed E-state index contributed by atoms with van der Waals surface area (Å²) >= 11 is 0. The SMILES string of the molecule is CN1CC2=C3CCCC(O)CCC3C(c3ccc(NCCCCCC45CCCCCCC4CC5)cc3)=NN2C1=O. The van der Waals surface area contributed by atoms with Crippen molar-refractivity contribution in [3.05, 3.63) is 41.1 Å². The highest BCUT2D eigenvalue weighted by Crippen LogP contribution is 2.56. The highest BCUT2D eigenvalue weighted by Gasteiger charge is 2.45. The molecule has 2 N–H and O–H groups in total. The number of rotatable bonds is 8. The van der Waals surface area contributed by atoms with Gasteiger partial charge in [-0.1, -0.05) is 50.7 Å². The first kappa shape index (κ1) is 27.8. The molecule has 6 heteroatoms. The average molecular weight is 547 g/mol. The van der Waals surface area contributed by atoms with E-state index in [9.17, 15) is 9.90 Å². The van der Waals surface area contributed by atoms with Crippen LogP contribution in [0, 0.1) is 17.3 Å². The molecule has 218 valence electrons. The lowest BCUT2D eigenvalue weighted by atomic mass is 9.54. The first-order chi connectivity index (χ1) is 19.5. The van der Waals surface area contributed by atoms with Crippen LogP contribution in [-0.4, -0.2) is 53.0 Å². The van der Waals surface area contributed by atoms with Gasteiger partial charge in [-0.2, -0.15) is 10.1 Å². The topological polar surface area (TPSA) is 68.2 Å². The van der Waals surface area contributed by atoms with Gasteiger partial charge in [-0.3, -0.25) is 0 Å². The molecule has 4 fully saturated rings. The predicted molar refractivity (Wildman–Crippen MR) is 162 cm³/mol. The Bertz CT molecular complexity index is 1110. The molecule has 4 unspecified atom stereocenters. The van der Waals surface area contributed by atoms with Gasteiger partial charge in [0, 0.05) is 25.2 Å². The number of aliphatic hydroxyl groups excluding tert-OH is 1. The molecule has 3 saturated carbocycles. The third-order valence-corrected chi connectivity index (χ3v) is 10.9. The van der Waals surface area contributed by atoms with Gasteiger partial charge in [0.05, 0.1) is 24.1 Å². The first-order valence-corrected chi connectivity index (χ1v) is 16.4. The molecule has 2 amide bonds. The normalized spacial score (nSPS) is 30.7. The van der Waals surface area contributed by atoms with Gasteiger partial charge in [0.1, 0.15) is 0 Å². The van der Waals surface area contributed by atoms with Gasteiger partial charge in [0.15, 0.2) is 0 Å². The number of anilines is 1. The Kier molecular flexibility index (Phi) is 8.53. The zero-order chi connectivity index (χ0) is 27.5. The number of nitrogens with one attached hydrogen (secondary N) is 1. The number of benzene rings is 1. The van der Waals surface area contributed by atoms with Gasteiger partial charge in [0.25, 0.3) is 0 Å². The Morgan fingerprint density at radius 3 is 2.62 bits per heavy atom. The number of unbranched alkanes of at least 4 members (excludes halogenated alkanes) is 2. The molecule has 1 aromatic rings. The molecule has 1 aromatic carbocycles. The van der Waals surface area contributed by atoms with Gasteiger partial charge >= 0.3 is 6.03 Å². The second-order valence-electron chi connectivity index (χ2n) is 13.4. The summed E-state index contributed by atoms with van der Waals surface area (Å²) in [6.45, 7) is 1.65. The van der Waals surface area contributed by atoms with Crippen LogP contribution < -0.4 is 5.32 Å². The molecule has 5 aliphatic rings. The Hall–Kier alpha value is -2.34. The highest BCUT2D eigenvalue weighted by molar-refractivity contribution is 6.05. The van der Waals surface area contributed by atoms with Crippen LogP contribution in [0.15, 0.2) is 40.6 Å². The average Bonchev–Trinajstić information content (AvgIpc) is 3.22. The van der Waals surface area contributed by atoms with Crippen LogP contribution in [0.3, 0.4) is 0 Å². The second kappa shape index (κ2) is 12.3. The zero-order valence-corrected chi connectivity index (χ0v) is 24.7. The van der Waals surface area contributed by atoms with Crippen molar-refractivity contribution >= 4 is 17.4 Å². The largest absolute Gasteiger partial charge is 0.393 e. The molecule has 0 radical (unpaired) electrons. The van der Waals surface area contributed by atoms with Crippen LogP contribution in [0.1, 0.15) is 115 Å². The minimum absolute atomic E-state index is 0.0409. The molecule has 0 spiro atoms. The number of allylic oxidation sites excluding steroid dienone is 1. The summed E-state index contributed by atoms with van der Waals surface area (Å²) in [6, 6.07) is 8.61. The van der Waals surface area contributed by atoms with Crippen molar-refractivity contribution in [1.29, 1.82) is 0 Å². The van der Waals surface area contributed by atoms with Crippen molar-refractivity contribution in [2.24, 2.45) is 22.4 Å². The number of nitrogens with zero attached hydrogens (tertiary/aromatic N) is 3. The van der Waals surface area contributed by atoms with Crippen molar-refractivity contribution in [2.75, 3.05) is 25.5 Å². The Labute approximate surface area is 241 Å². The van der Waals surface area contributed by atoms with E-state index in [1.165, 1.54) is 82.6 Å². The fourth-order valence-corrected chi connectivity index (χ4v) is 8.42. The number of hydrazone groups is 1. The fourth-order valence-electron chi connectivity index (χ4n) is 8.42. The van der Waals surface area contributed by atoms with Gasteiger partial charge in [-0.05, 0) is 105 Å². The molecule has 1 saturated heterocycles. The number of hydrogen-bond donors (Lipinski definition) is 2. The molecule has 2 aliphatic heterocycles. The Morgan fingerprint density at radius 1 is 0.950 bits per heavy atom. The molecule has 2 heterocycles. The summed E-state index contributed by atoms with van der Waals surface area (Å²) in [4.78, 5) is 14.6. The summed E-state index contributed by atoms with van der Waals surface area (Å²) < 4.78 is 0. The lowest BCUT2D eigenvalue weighted by Crippen LogP contribution is -2.40. The van der Waals surface area contributed by atoms with E-state index in [1.54, 1.807) is 9.91 Å². The van der Waals surface area contributed by atoms with Crippen molar-refractivity contribution in [1.82, 2.24) is 9.91 Å². The minimum Gasteiger partial charge on any atom is -0.393 e. The predicted octanol–water partition coefficient (Wildman–Crippen LogP) is 7.69. The summed E-state index contributed by atoms with van der Waals surface area (Å²) in [6.07, 6.45) is 21.4. The number of urea groups is 1. The fraction of sp³-hybridized carbons (Fsp3) is 0.706. The molecule has 4 atom stereocenters. The van der Waals surface area contributed by atoms with Gasteiger partial charge < -0.3 is 15.3 Å². The minimum atomic E-state index is -0.239. The number of likely N-dealkylation sites (N-methyl/N-ethyl adjacent to an activating group) is 1. The maximum absolute atomic E-state index is 12.9. The van der Waals surface area contributed by atoms with Crippen molar-refractivity contribution in [3.63, 3.8) is 0 Å². The van der Waals surface area contributed by atoms with Crippen LogP contribution in [0.5, 0.6) is 0 Å². The number of fused-ring (bicyclic) bond motifs is 3. The van der Waals surface area contributed by atoms with Crippen LogP contribution >= 0.6 is 0 Å². The number of carbonyl (C=O) groups is 1. The third-order valence-electron chi connectivity index (χ3n) is 10.9. The smallest absolute Gasteiger partial charge is 0.345 e. The summed E-state index contributed by atoms with van der Waals surface area (Å²) in [7, 11) is 1.85. The number of aliphatic hydroxyl groups is 1. The molecule has 6 nitrogen and oxygen atoms in total.